The van der Waals surface area contributed by atoms with Gasteiger partial charge in [0.25, 0.3) is 5.56 Å². The lowest BCUT2D eigenvalue weighted by atomic mass is 10.1. The Kier molecular flexibility index (Phi) is 5.98. The molecule has 0 atom stereocenters. The number of pyridine rings is 2. The molecule has 0 radical (unpaired) electrons. The summed E-state index contributed by atoms with van der Waals surface area (Å²) in [7, 11) is 0. The molecule has 8 heteroatoms. The molecule has 5 nitrogen and oxygen atoms in total. The fourth-order valence-electron chi connectivity index (χ4n) is 3.03. The summed E-state index contributed by atoms with van der Waals surface area (Å²) in [6, 6.07) is 7.35. The number of allylic oxidation sites excluding steroid dienone is 2. The summed E-state index contributed by atoms with van der Waals surface area (Å²) in [5.74, 6) is 0.0852. The van der Waals surface area contributed by atoms with E-state index in [1.807, 2.05) is 0 Å². The molecular weight excluding hydrogens is 417 g/mol. The van der Waals surface area contributed by atoms with Crippen molar-refractivity contribution in [3.63, 3.8) is 0 Å². The number of halogens is 3. The fourth-order valence-corrected chi connectivity index (χ4v) is 3.03. The Morgan fingerprint density at radius 1 is 1.12 bits per heavy atom. The first-order valence-electron chi connectivity index (χ1n) is 9.25. The normalized spacial score (nSPS) is 12.4. The van der Waals surface area contributed by atoms with Crippen LogP contribution in [0.25, 0.3) is 29.2 Å². The molecule has 0 spiro atoms. The van der Waals surface area contributed by atoms with E-state index in [4.69, 9.17) is 5.73 Å². The van der Waals surface area contributed by atoms with Crippen LogP contribution in [0.15, 0.2) is 89.1 Å². The zero-order valence-corrected chi connectivity index (χ0v) is 17.0. The van der Waals surface area contributed by atoms with Crippen LogP contribution in [0.3, 0.4) is 0 Å². The van der Waals surface area contributed by atoms with Crippen molar-refractivity contribution in [2.45, 2.75) is 6.18 Å². The van der Waals surface area contributed by atoms with E-state index in [0.29, 0.717) is 32.6 Å². The summed E-state index contributed by atoms with van der Waals surface area (Å²) in [6.07, 6.45) is -0.0935. The smallest absolute Gasteiger partial charge is 0.384 e. The molecule has 162 valence electrons. The second-order valence-corrected chi connectivity index (χ2v) is 6.92. The van der Waals surface area contributed by atoms with Gasteiger partial charge in [-0.3, -0.25) is 14.3 Å². The van der Waals surface area contributed by atoms with E-state index >= 15 is 0 Å². The summed E-state index contributed by atoms with van der Waals surface area (Å²) >= 11 is 0. The van der Waals surface area contributed by atoms with Crippen LogP contribution in [-0.4, -0.2) is 15.8 Å². The van der Waals surface area contributed by atoms with Gasteiger partial charge < -0.3 is 5.73 Å². The van der Waals surface area contributed by atoms with E-state index in [1.165, 1.54) is 35.2 Å². The van der Waals surface area contributed by atoms with Gasteiger partial charge in [-0.15, -0.1) is 0 Å². The molecular formula is C24H19F3N4O. The lowest BCUT2D eigenvalue weighted by Crippen LogP contribution is -2.32. The number of nitrogens with two attached hydrogens (primary N) is 1. The first-order valence-corrected chi connectivity index (χ1v) is 9.25. The molecule has 0 bridgehead atoms. The molecule has 1 aromatic carbocycles. The largest absolute Gasteiger partial charge is 0.416 e. The SMILES string of the molecule is C=C(N)/N=C\C(=C)C(=C)/C=c1\c(=C)ncc2ccc(=O)n(-c3cccc(C(F)(F)F)c3)c12. The highest BCUT2D eigenvalue weighted by atomic mass is 19.4. The van der Waals surface area contributed by atoms with Gasteiger partial charge in [-0.2, -0.15) is 13.2 Å². The van der Waals surface area contributed by atoms with Crippen LogP contribution >= 0.6 is 0 Å². The maximum Gasteiger partial charge on any atom is 0.416 e. The van der Waals surface area contributed by atoms with E-state index in [0.717, 1.165) is 12.1 Å². The molecule has 0 fully saturated rings. The number of alkyl halides is 3. The second kappa shape index (κ2) is 8.50. The lowest BCUT2D eigenvalue weighted by Gasteiger charge is -2.14. The monoisotopic (exact) mass is 436 g/mol. The number of hydrogen-bond donors (Lipinski definition) is 1. The van der Waals surface area contributed by atoms with Gasteiger partial charge in [0.05, 0.1) is 16.4 Å². The van der Waals surface area contributed by atoms with Crippen LogP contribution in [0.2, 0.25) is 0 Å². The second-order valence-electron chi connectivity index (χ2n) is 6.92. The number of rotatable bonds is 5. The number of aliphatic imine (C=N–C) groups is 1. The number of hydrogen-bond acceptors (Lipinski definition) is 4. The Balaban J connectivity index is 2.35. The van der Waals surface area contributed by atoms with Gasteiger partial charge in [-0.25, -0.2) is 4.99 Å². The summed E-state index contributed by atoms with van der Waals surface area (Å²) in [5, 5.41) is 1.24. The van der Waals surface area contributed by atoms with Gasteiger partial charge in [0.15, 0.2) is 0 Å². The number of nitrogens with zero attached hydrogens (tertiary/aromatic N) is 3. The first kappa shape index (κ1) is 22.5. The Hall–Kier alpha value is -4.20. The molecule has 2 N–H and O–H groups in total. The van der Waals surface area contributed by atoms with Crippen molar-refractivity contribution in [1.29, 1.82) is 0 Å². The molecule has 2 heterocycles. The summed E-state index contributed by atoms with van der Waals surface area (Å²) in [4.78, 5) is 20.9. The Labute approximate surface area is 181 Å². The third-order valence-corrected chi connectivity index (χ3v) is 4.60. The van der Waals surface area contributed by atoms with Crippen LogP contribution in [0.5, 0.6) is 0 Å². The lowest BCUT2D eigenvalue weighted by molar-refractivity contribution is -0.137. The zero-order valence-electron chi connectivity index (χ0n) is 17.0. The molecule has 0 saturated heterocycles. The highest BCUT2D eigenvalue weighted by Crippen LogP contribution is 2.30. The average molecular weight is 436 g/mol. The van der Waals surface area contributed by atoms with Gasteiger partial charge in [-0.1, -0.05) is 32.4 Å². The van der Waals surface area contributed by atoms with E-state index in [-0.39, 0.29) is 11.5 Å². The maximum absolute atomic E-state index is 13.3. The minimum absolute atomic E-state index is 0.0566. The Morgan fingerprint density at radius 3 is 2.50 bits per heavy atom. The van der Waals surface area contributed by atoms with Crippen LogP contribution in [0, 0.1) is 0 Å². The third kappa shape index (κ3) is 4.59. The number of aromatic nitrogens is 2. The van der Waals surface area contributed by atoms with Crippen LogP contribution < -0.4 is 21.9 Å². The minimum atomic E-state index is -4.56. The van der Waals surface area contributed by atoms with Crippen molar-refractivity contribution in [3.05, 3.63) is 106 Å². The van der Waals surface area contributed by atoms with Crippen molar-refractivity contribution < 1.29 is 13.2 Å². The Morgan fingerprint density at radius 2 is 1.84 bits per heavy atom. The molecule has 0 saturated carbocycles. The molecule has 0 aliphatic carbocycles. The van der Waals surface area contributed by atoms with E-state index in [1.54, 1.807) is 12.1 Å². The summed E-state index contributed by atoms with van der Waals surface area (Å²) < 4.78 is 41.0. The predicted molar refractivity (Wildman–Crippen MR) is 122 cm³/mol. The van der Waals surface area contributed by atoms with Crippen molar-refractivity contribution in [2.24, 2.45) is 10.7 Å². The molecule has 0 amide bonds. The quantitative estimate of drug-likeness (QED) is 0.493. The maximum atomic E-state index is 13.3. The molecule has 0 aliphatic rings. The van der Waals surface area contributed by atoms with Gasteiger partial charge >= 0.3 is 6.18 Å². The number of benzene rings is 1. The summed E-state index contributed by atoms with van der Waals surface area (Å²) in [6.45, 7) is 15.2. The van der Waals surface area contributed by atoms with E-state index in [9.17, 15) is 18.0 Å². The highest BCUT2D eigenvalue weighted by molar-refractivity contribution is 5.90. The third-order valence-electron chi connectivity index (χ3n) is 4.60. The number of fused-ring (bicyclic) bond motifs is 1. The van der Waals surface area contributed by atoms with Crippen molar-refractivity contribution in [3.8, 4) is 5.69 Å². The standard InChI is InChI=1S/C24H19F3N4O/c1-14(15(2)12-30-17(4)28)10-21-16(3)29-13-18-8-9-22(32)31(23(18)21)20-7-5-6-19(11-20)24(25,26)27/h5-13H,1-4,28H2/b21-10+,30-12-. The topological polar surface area (TPSA) is 73.3 Å². The van der Waals surface area contributed by atoms with Gasteiger partial charge in [-0.05, 0) is 41.5 Å². The molecule has 0 aliphatic heterocycles. The Bertz CT molecular complexity index is 1460. The average Bonchev–Trinajstić information content (AvgIpc) is 2.73. The highest BCUT2D eigenvalue weighted by Gasteiger charge is 2.30. The molecule has 2 aromatic heterocycles. The molecule has 3 rings (SSSR count). The minimum Gasteiger partial charge on any atom is -0.384 e. The van der Waals surface area contributed by atoms with Crippen LogP contribution in [0.4, 0.5) is 13.2 Å². The molecule has 32 heavy (non-hydrogen) atoms. The van der Waals surface area contributed by atoms with Crippen molar-refractivity contribution in [1.82, 2.24) is 9.55 Å². The van der Waals surface area contributed by atoms with Crippen molar-refractivity contribution >= 4 is 29.8 Å². The van der Waals surface area contributed by atoms with E-state index < -0.39 is 17.3 Å². The van der Waals surface area contributed by atoms with Gasteiger partial charge in [0, 0.05) is 34.8 Å². The van der Waals surface area contributed by atoms with Gasteiger partial charge in [0.2, 0.25) is 0 Å². The zero-order chi connectivity index (χ0) is 23.6. The van der Waals surface area contributed by atoms with Crippen molar-refractivity contribution in [2.75, 3.05) is 0 Å². The first-order chi connectivity index (χ1) is 15.0. The predicted octanol–water partition coefficient (Wildman–Crippen LogP) is 3.21. The van der Waals surface area contributed by atoms with Crippen LogP contribution in [-0.2, 0) is 6.18 Å². The van der Waals surface area contributed by atoms with E-state index in [2.05, 4.69) is 36.3 Å². The fraction of sp³-hybridized carbons (Fsp3) is 0.0417. The molecule has 3 aromatic rings. The van der Waals surface area contributed by atoms with Gasteiger partial charge in [0.1, 0.15) is 5.82 Å². The summed E-state index contributed by atoms with van der Waals surface area (Å²) in [5.41, 5.74) is 5.27. The molecule has 0 unspecified atom stereocenters. The van der Waals surface area contributed by atoms with Crippen LogP contribution in [0.1, 0.15) is 5.56 Å².